The van der Waals surface area contributed by atoms with E-state index in [4.69, 9.17) is 6.42 Å². The molecule has 1 amide bonds. The number of aryl methyl sites for hydroxylation is 2. The van der Waals surface area contributed by atoms with Gasteiger partial charge in [0.15, 0.2) is 0 Å². The smallest absolute Gasteiger partial charge is 0.226 e. The highest BCUT2D eigenvalue weighted by Gasteiger charge is 2.28. The third-order valence-corrected chi connectivity index (χ3v) is 6.96. The van der Waals surface area contributed by atoms with Gasteiger partial charge in [0.2, 0.25) is 5.91 Å². The van der Waals surface area contributed by atoms with Crippen LogP contribution in [0.5, 0.6) is 0 Å². The molecule has 4 rings (SSSR count). The summed E-state index contributed by atoms with van der Waals surface area (Å²) >= 11 is 1.56. The van der Waals surface area contributed by atoms with E-state index in [9.17, 15) is 10.1 Å². The van der Waals surface area contributed by atoms with E-state index in [1.54, 1.807) is 11.3 Å². The number of anilines is 1. The number of hydrogen-bond donors (Lipinski definition) is 1. The van der Waals surface area contributed by atoms with Crippen LogP contribution in [0, 0.1) is 23.7 Å². The number of terminal acetylenes is 1. The molecule has 1 atom stereocenters. The van der Waals surface area contributed by atoms with Gasteiger partial charge in [-0.05, 0) is 48.8 Å². The SMILES string of the molecule is C#CCN(CCC(=O)Nc1sc2c(c1C#N)CCC2)C1CCc2ccccc21. The lowest BCUT2D eigenvalue weighted by Gasteiger charge is -2.27. The summed E-state index contributed by atoms with van der Waals surface area (Å²) in [7, 11) is 0. The van der Waals surface area contributed by atoms with Crippen molar-refractivity contribution in [2.24, 2.45) is 0 Å². The summed E-state index contributed by atoms with van der Waals surface area (Å²) in [6, 6.07) is 11.0. The number of nitrogens with zero attached hydrogens (tertiary/aromatic N) is 2. The number of hydrogen-bond acceptors (Lipinski definition) is 4. The van der Waals surface area contributed by atoms with Gasteiger partial charge in [0.1, 0.15) is 11.1 Å². The summed E-state index contributed by atoms with van der Waals surface area (Å²) in [6.07, 6.45) is 11.1. The van der Waals surface area contributed by atoms with Crippen LogP contribution >= 0.6 is 11.3 Å². The standard InChI is InChI=1S/C23H23N3OS/c1-2-13-26(20-11-10-16-6-3-4-7-17(16)20)14-12-22(27)25-23-19(15-24)18-8-5-9-21(18)28-23/h1,3-4,6-7,20H,5,8-14H2,(H,25,27). The molecule has 28 heavy (non-hydrogen) atoms. The van der Waals surface area contributed by atoms with Gasteiger partial charge in [-0.2, -0.15) is 5.26 Å². The molecule has 142 valence electrons. The molecule has 1 N–H and O–H groups in total. The highest BCUT2D eigenvalue weighted by atomic mass is 32.1. The molecule has 1 unspecified atom stereocenters. The Morgan fingerprint density at radius 2 is 2.18 bits per heavy atom. The van der Waals surface area contributed by atoms with Crippen LogP contribution in [-0.4, -0.2) is 23.9 Å². The molecule has 2 aliphatic rings. The number of thiophene rings is 1. The van der Waals surface area contributed by atoms with Crippen molar-refractivity contribution in [2.75, 3.05) is 18.4 Å². The number of rotatable bonds is 6. The van der Waals surface area contributed by atoms with Gasteiger partial charge in [-0.15, -0.1) is 17.8 Å². The summed E-state index contributed by atoms with van der Waals surface area (Å²) in [5.41, 5.74) is 4.51. The molecule has 2 aromatic rings. The predicted molar refractivity (Wildman–Crippen MR) is 112 cm³/mol. The van der Waals surface area contributed by atoms with E-state index in [2.05, 4.69) is 46.5 Å². The number of carbonyl (C=O) groups is 1. The van der Waals surface area contributed by atoms with Gasteiger partial charge in [0.25, 0.3) is 0 Å². The molecule has 0 spiro atoms. The Morgan fingerprint density at radius 1 is 1.32 bits per heavy atom. The van der Waals surface area contributed by atoms with Crippen molar-refractivity contribution < 1.29 is 4.79 Å². The van der Waals surface area contributed by atoms with Crippen LogP contribution in [-0.2, 0) is 24.1 Å². The van der Waals surface area contributed by atoms with Crippen molar-refractivity contribution in [1.82, 2.24) is 4.90 Å². The van der Waals surface area contributed by atoms with Crippen molar-refractivity contribution in [3.63, 3.8) is 0 Å². The summed E-state index contributed by atoms with van der Waals surface area (Å²) in [6.45, 7) is 1.14. The van der Waals surface area contributed by atoms with Gasteiger partial charge in [-0.3, -0.25) is 9.69 Å². The Kier molecular flexibility index (Phi) is 5.48. The fourth-order valence-electron chi connectivity index (χ4n) is 4.42. The number of nitriles is 1. The Morgan fingerprint density at radius 3 is 3.00 bits per heavy atom. The Bertz CT molecular complexity index is 979. The minimum absolute atomic E-state index is 0.0512. The first-order valence-electron chi connectivity index (χ1n) is 9.81. The molecule has 5 heteroatoms. The minimum atomic E-state index is -0.0512. The van der Waals surface area contributed by atoms with Crippen LogP contribution in [0.4, 0.5) is 5.00 Å². The average molecular weight is 390 g/mol. The van der Waals surface area contributed by atoms with Crippen LogP contribution in [0.2, 0.25) is 0 Å². The molecular formula is C23H23N3OS. The molecule has 0 saturated carbocycles. The van der Waals surface area contributed by atoms with E-state index in [1.807, 2.05) is 0 Å². The minimum Gasteiger partial charge on any atom is -0.317 e. The van der Waals surface area contributed by atoms with Crippen LogP contribution in [0.1, 0.15) is 52.4 Å². The molecule has 0 aliphatic heterocycles. The van der Waals surface area contributed by atoms with Gasteiger partial charge in [-0.25, -0.2) is 0 Å². The second kappa shape index (κ2) is 8.19. The normalized spacial score (nSPS) is 17.0. The van der Waals surface area contributed by atoms with Gasteiger partial charge in [0, 0.05) is 23.9 Å². The zero-order chi connectivity index (χ0) is 19.5. The molecule has 1 heterocycles. The van der Waals surface area contributed by atoms with Crippen LogP contribution in [0.3, 0.4) is 0 Å². The number of fused-ring (bicyclic) bond motifs is 2. The third kappa shape index (κ3) is 3.56. The fraction of sp³-hybridized carbons (Fsp3) is 0.391. The average Bonchev–Trinajstić information content (AvgIpc) is 3.39. The quantitative estimate of drug-likeness (QED) is 0.758. The topological polar surface area (TPSA) is 56.1 Å². The van der Waals surface area contributed by atoms with Gasteiger partial charge in [0.05, 0.1) is 12.1 Å². The van der Waals surface area contributed by atoms with Gasteiger partial charge >= 0.3 is 0 Å². The van der Waals surface area contributed by atoms with E-state index < -0.39 is 0 Å². The number of amides is 1. The monoisotopic (exact) mass is 389 g/mol. The molecule has 0 saturated heterocycles. The maximum Gasteiger partial charge on any atom is 0.226 e. The second-order valence-corrected chi connectivity index (χ2v) is 8.50. The Balaban J connectivity index is 1.41. The number of benzene rings is 1. The van der Waals surface area contributed by atoms with Crippen LogP contribution in [0.15, 0.2) is 24.3 Å². The highest BCUT2D eigenvalue weighted by Crippen LogP contribution is 2.39. The first-order valence-corrected chi connectivity index (χ1v) is 10.6. The van der Waals surface area contributed by atoms with Crippen LogP contribution in [0.25, 0.3) is 0 Å². The van der Waals surface area contributed by atoms with Crippen molar-refractivity contribution in [2.45, 2.75) is 44.6 Å². The highest BCUT2D eigenvalue weighted by molar-refractivity contribution is 7.16. The van der Waals surface area contributed by atoms with E-state index in [-0.39, 0.29) is 11.9 Å². The van der Waals surface area contributed by atoms with Crippen molar-refractivity contribution >= 4 is 22.2 Å². The molecule has 0 bridgehead atoms. The first kappa shape index (κ1) is 18.7. The third-order valence-electron chi connectivity index (χ3n) is 5.75. The lowest BCUT2D eigenvalue weighted by Crippen LogP contribution is -2.31. The first-order chi connectivity index (χ1) is 13.7. The summed E-state index contributed by atoms with van der Waals surface area (Å²) in [5, 5.41) is 13.2. The van der Waals surface area contributed by atoms with E-state index in [0.717, 1.165) is 37.7 Å². The van der Waals surface area contributed by atoms with Crippen molar-refractivity contribution in [3.8, 4) is 18.4 Å². The Labute approximate surface area is 170 Å². The summed E-state index contributed by atoms with van der Waals surface area (Å²) < 4.78 is 0. The molecule has 0 fully saturated rings. The second-order valence-electron chi connectivity index (χ2n) is 7.40. The lowest BCUT2D eigenvalue weighted by molar-refractivity contribution is -0.116. The van der Waals surface area contributed by atoms with Crippen molar-refractivity contribution in [3.05, 3.63) is 51.4 Å². The van der Waals surface area contributed by atoms with Gasteiger partial charge < -0.3 is 5.32 Å². The molecule has 2 aliphatic carbocycles. The molecule has 1 aromatic heterocycles. The summed E-state index contributed by atoms with van der Waals surface area (Å²) in [4.78, 5) is 16.1. The molecule has 1 aromatic carbocycles. The summed E-state index contributed by atoms with van der Waals surface area (Å²) in [5.74, 6) is 2.70. The predicted octanol–water partition coefficient (Wildman–Crippen LogP) is 4.06. The lowest BCUT2D eigenvalue weighted by atomic mass is 10.1. The van der Waals surface area contributed by atoms with Gasteiger partial charge in [-0.1, -0.05) is 30.2 Å². The fourth-order valence-corrected chi connectivity index (χ4v) is 5.68. The van der Waals surface area contributed by atoms with Crippen molar-refractivity contribution in [1.29, 1.82) is 5.26 Å². The maximum absolute atomic E-state index is 12.6. The molecule has 0 radical (unpaired) electrons. The molecule has 4 nitrogen and oxygen atoms in total. The van der Waals surface area contributed by atoms with Crippen LogP contribution < -0.4 is 5.32 Å². The zero-order valence-electron chi connectivity index (χ0n) is 15.8. The van der Waals surface area contributed by atoms with E-state index in [0.29, 0.717) is 30.1 Å². The number of carbonyl (C=O) groups excluding carboxylic acids is 1. The largest absolute Gasteiger partial charge is 0.317 e. The van der Waals surface area contributed by atoms with E-state index in [1.165, 1.54) is 16.0 Å². The van der Waals surface area contributed by atoms with E-state index >= 15 is 0 Å². The number of nitrogens with one attached hydrogen (secondary N) is 1. The maximum atomic E-state index is 12.6. The zero-order valence-corrected chi connectivity index (χ0v) is 16.6. The Hall–Kier alpha value is -2.60. The molecular weight excluding hydrogens is 366 g/mol.